The quantitative estimate of drug-likeness (QED) is 0.676. The summed E-state index contributed by atoms with van der Waals surface area (Å²) in [5, 5.41) is 0. The molecule has 0 heterocycles. The van der Waals surface area contributed by atoms with Crippen LogP contribution in [0.2, 0.25) is 0 Å². The van der Waals surface area contributed by atoms with E-state index in [1.54, 1.807) is 0 Å². The second-order valence-electron chi connectivity index (χ2n) is 3.54. The van der Waals surface area contributed by atoms with Crippen molar-refractivity contribution in [1.82, 2.24) is 0 Å². The zero-order valence-corrected chi connectivity index (χ0v) is 8.81. The number of rotatable bonds is 3. The second-order valence-corrected chi connectivity index (χ2v) is 3.54. The third kappa shape index (κ3) is 2.63. The average Bonchev–Trinajstić information content (AvgIpc) is 2.29. The van der Waals surface area contributed by atoms with Crippen LogP contribution in [-0.2, 0) is 6.61 Å². The van der Waals surface area contributed by atoms with Gasteiger partial charge in [0.1, 0.15) is 20.2 Å². The molecule has 2 aromatic rings. The summed E-state index contributed by atoms with van der Waals surface area (Å²) in [6.07, 6.45) is 0. The highest BCUT2D eigenvalue weighted by Crippen LogP contribution is 2.08. The summed E-state index contributed by atoms with van der Waals surface area (Å²) in [4.78, 5) is 0. The maximum Gasteiger partial charge on any atom is 0.144 e. The predicted molar refractivity (Wildman–Crippen MR) is 65.4 cm³/mol. The van der Waals surface area contributed by atoms with Gasteiger partial charge in [-0.15, -0.1) is 0 Å². The molecular formula is C13H13BO. The number of hydrogen-bond acceptors (Lipinski definition) is 1. The van der Waals surface area contributed by atoms with E-state index < -0.39 is 0 Å². The fourth-order valence-corrected chi connectivity index (χ4v) is 1.45. The molecule has 0 unspecified atom stereocenters. The molecule has 1 nitrogen and oxygen atoms in total. The summed E-state index contributed by atoms with van der Waals surface area (Å²) in [7, 11) is 2.06. The Morgan fingerprint density at radius 3 is 2.27 bits per heavy atom. The van der Waals surface area contributed by atoms with Crippen LogP contribution in [0.25, 0.3) is 0 Å². The van der Waals surface area contributed by atoms with Crippen LogP contribution >= 0.6 is 0 Å². The molecule has 0 fully saturated rings. The molecule has 2 aromatic carbocycles. The minimum absolute atomic E-state index is 0.631. The first-order chi connectivity index (χ1) is 7.36. The molecule has 0 spiro atoms. The SMILES string of the molecule is Bc1ccccc1OCc1ccccc1. The first-order valence-electron chi connectivity index (χ1n) is 5.08. The summed E-state index contributed by atoms with van der Waals surface area (Å²) in [5.41, 5.74) is 2.37. The molecule has 0 bridgehead atoms. The molecule has 0 N–H and O–H groups in total. The Bertz CT molecular complexity index is 426. The third-order valence-corrected chi connectivity index (χ3v) is 2.33. The lowest BCUT2D eigenvalue weighted by molar-refractivity contribution is 0.309. The van der Waals surface area contributed by atoms with Gasteiger partial charge >= 0.3 is 0 Å². The summed E-state index contributed by atoms with van der Waals surface area (Å²) in [6, 6.07) is 18.3. The average molecular weight is 196 g/mol. The van der Waals surface area contributed by atoms with E-state index in [1.165, 1.54) is 11.0 Å². The van der Waals surface area contributed by atoms with Crippen molar-refractivity contribution in [2.45, 2.75) is 6.61 Å². The lowest BCUT2D eigenvalue weighted by atomic mass is 9.95. The Hall–Kier alpha value is -1.70. The molecule has 2 heteroatoms. The fourth-order valence-electron chi connectivity index (χ4n) is 1.45. The molecule has 0 aliphatic heterocycles. The van der Waals surface area contributed by atoms with Crippen molar-refractivity contribution in [1.29, 1.82) is 0 Å². The van der Waals surface area contributed by atoms with Crippen LogP contribution in [-0.4, -0.2) is 7.85 Å². The van der Waals surface area contributed by atoms with Gasteiger partial charge in [0.05, 0.1) is 0 Å². The van der Waals surface area contributed by atoms with Crippen molar-refractivity contribution in [3.05, 3.63) is 60.2 Å². The minimum Gasteiger partial charge on any atom is -0.490 e. The van der Waals surface area contributed by atoms with Crippen LogP contribution in [0.4, 0.5) is 0 Å². The smallest absolute Gasteiger partial charge is 0.144 e. The molecule has 0 aromatic heterocycles. The Kier molecular flexibility index (Phi) is 3.08. The monoisotopic (exact) mass is 196 g/mol. The molecular weight excluding hydrogens is 183 g/mol. The van der Waals surface area contributed by atoms with Gasteiger partial charge in [0.2, 0.25) is 0 Å². The lowest BCUT2D eigenvalue weighted by Gasteiger charge is -2.08. The second kappa shape index (κ2) is 4.69. The van der Waals surface area contributed by atoms with Crippen molar-refractivity contribution in [2.24, 2.45) is 0 Å². The van der Waals surface area contributed by atoms with E-state index in [-0.39, 0.29) is 0 Å². The predicted octanol–water partition coefficient (Wildman–Crippen LogP) is 1.52. The van der Waals surface area contributed by atoms with E-state index in [1.807, 2.05) is 36.4 Å². The van der Waals surface area contributed by atoms with E-state index in [9.17, 15) is 0 Å². The first-order valence-corrected chi connectivity index (χ1v) is 5.08. The Balaban J connectivity index is 2.03. The summed E-state index contributed by atoms with van der Waals surface area (Å²) in [5.74, 6) is 0.960. The van der Waals surface area contributed by atoms with Crippen LogP contribution < -0.4 is 10.2 Å². The van der Waals surface area contributed by atoms with Crippen LogP contribution in [0.15, 0.2) is 54.6 Å². The summed E-state index contributed by atoms with van der Waals surface area (Å²) < 4.78 is 5.72. The molecule has 15 heavy (non-hydrogen) atoms. The summed E-state index contributed by atoms with van der Waals surface area (Å²) >= 11 is 0. The number of benzene rings is 2. The minimum atomic E-state index is 0.631. The number of hydrogen-bond donors (Lipinski definition) is 0. The van der Waals surface area contributed by atoms with Crippen LogP contribution in [0.3, 0.4) is 0 Å². The zero-order chi connectivity index (χ0) is 10.5. The van der Waals surface area contributed by atoms with Gasteiger partial charge in [-0.1, -0.05) is 48.5 Å². The van der Waals surface area contributed by atoms with E-state index >= 15 is 0 Å². The van der Waals surface area contributed by atoms with Gasteiger partial charge in [-0.25, -0.2) is 0 Å². The topological polar surface area (TPSA) is 9.23 Å². The van der Waals surface area contributed by atoms with Gasteiger partial charge < -0.3 is 4.74 Å². The first kappa shape index (κ1) is 9.84. The zero-order valence-electron chi connectivity index (χ0n) is 8.81. The Morgan fingerprint density at radius 2 is 1.53 bits per heavy atom. The van der Waals surface area contributed by atoms with E-state index in [0.717, 1.165) is 5.75 Å². The van der Waals surface area contributed by atoms with Crippen molar-refractivity contribution in [3.63, 3.8) is 0 Å². The van der Waals surface area contributed by atoms with Crippen molar-refractivity contribution < 1.29 is 4.74 Å². The van der Waals surface area contributed by atoms with Gasteiger partial charge in [-0.3, -0.25) is 0 Å². The molecule has 74 valence electrons. The third-order valence-electron chi connectivity index (χ3n) is 2.33. The molecule has 0 atom stereocenters. The number of ether oxygens (including phenoxy) is 1. The highest BCUT2D eigenvalue weighted by atomic mass is 16.5. The van der Waals surface area contributed by atoms with E-state index in [4.69, 9.17) is 4.74 Å². The maximum absolute atomic E-state index is 5.72. The molecule has 0 amide bonds. The van der Waals surface area contributed by atoms with Crippen LogP contribution in [0, 0.1) is 0 Å². The van der Waals surface area contributed by atoms with Gasteiger partial charge in [0, 0.05) is 0 Å². The van der Waals surface area contributed by atoms with Crippen LogP contribution in [0.1, 0.15) is 5.56 Å². The molecule has 0 saturated heterocycles. The molecule has 2 rings (SSSR count). The maximum atomic E-state index is 5.72. The van der Waals surface area contributed by atoms with Crippen LogP contribution in [0.5, 0.6) is 5.75 Å². The van der Waals surface area contributed by atoms with Crippen molar-refractivity contribution >= 4 is 13.3 Å². The van der Waals surface area contributed by atoms with E-state index in [2.05, 4.69) is 26.0 Å². The lowest BCUT2D eigenvalue weighted by Crippen LogP contribution is -2.08. The van der Waals surface area contributed by atoms with E-state index in [0.29, 0.717) is 6.61 Å². The van der Waals surface area contributed by atoms with Crippen molar-refractivity contribution in [3.8, 4) is 5.75 Å². The normalized spacial score (nSPS) is 9.87. The molecule has 0 saturated carbocycles. The largest absolute Gasteiger partial charge is 0.490 e. The van der Waals surface area contributed by atoms with Crippen molar-refractivity contribution in [2.75, 3.05) is 0 Å². The molecule has 0 aliphatic rings. The highest BCUT2D eigenvalue weighted by Gasteiger charge is 1.97. The highest BCUT2D eigenvalue weighted by molar-refractivity contribution is 6.34. The fraction of sp³-hybridized carbons (Fsp3) is 0.0769. The van der Waals surface area contributed by atoms with Gasteiger partial charge in [0.15, 0.2) is 0 Å². The van der Waals surface area contributed by atoms with Gasteiger partial charge in [-0.05, 0) is 17.1 Å². The Morgan fingerprint density at radius 1 is 0.867 bits per heavy atom. The summed E-state index contributed by atoms with van der Waals surface area (Å²) in [6.45, 7) is 0.631. The Labute approximate surface area is 91.1 Å². The number of para-hydroxylation sites is 1. The van der Waals surface area contributed by atoms with Gasteiger partial charge in [-0.2, -0.15) is 0 Å². The molecule has 0 aliphatic carbocycles. The standard InChI is InChI=1S/C13H13BO/c14-12-8-4-5-9-13(12)15-10-11-6-2-1-3-7-11/h1-9H,10,14H2. The van der Waals surface area contributed by atoms with Gasteiger partial charge in [0.25, 0.3) is 0 Å². The molecule has 0 radical (unpaired) electrons.